The van der Waals surface area contributed by atoms with Gasteiger partial charge in [-0.25, -0.2) is 14.1 Å². The second-order valence-electron chi connectivity index (χ2n) is 6.30. The van der Waals surface area contributed by atoms with Gasteiger partial charge in [0.2, 0.25) is 0 Å². The summed E-state index contributed by atoms with van der Waals surface area (Å²) in [6.45, 7) is 0.0870. The summed E-state index contributed by atoms with van der Waals surface area (Å²) in [6, 6.07) is 13.5. The van der Waals surface area contributed by atoms with Gasteiger partial charge >= 0.3 is 6.03 Å². The molecule has 2 aromatic carbocycles. The first-order valence-electron chi connectivity index (χ1n) is 8.62. The average Bonchev–Trinajstić information content (AvgIpc) is 3.04. The fourth-order valence-electron chi connectivity index (χ4n) is 3.26. The molecule has 4 rings (SSSR count). The summed E-state index contributed by atoms with van der Waals surface area (Å²) in [6.07, 6.45) is 2.99. The number of nitriles is 1. The van der Waals surface area contributed by atoms with Crippen molar-refractivity contribution >= 4 is 40.5 Å². The van der Waals surface area contributed by atoms with Crippen LogP contribution in [0.3, 0.4) is 0 Å². The molecule has 0 bridgehead atoms. The molecule has 29 heavy (non-hydrogen) atoms. The minimum atomic E-state index is -1.02. The highest BCUT2D eigenvalue weighted by molar-refractivity contribution is 6.39. The number of benzene rings is 2. The van der Waals surface area contributed by atoms with E-state index in [4.69, 9.17) is 5.26 Å². The topological polar surface area (TPSA) is 95.2 Å². The predicted octanol–water partition coefficient (Wildman–Crippen LogP) is 2.97. The fourth-order valence-corrected chi connectivity index (χ4v) is 3.26. The van der Waals surface area contributed by atoms with Gasteiger partial charge in [-0.1, -0.05) is 30.3 Å². The lowest BCUT2D eigenvalue weighted by molar-refractivity contribution is -0.122. The van der Waals surface area contributed by atoms with Gasteiger partial charge in [0.25, 0.3) is 11.8 Å². The Morgan fingerprint density at radius 3 is 2.55 bits per heavy atom. The number of fused-ring (bicyclic) bond motifs is 1. The number of nitrogens with zero attached hydrogens (tertiary/aromatic N) is 3. The van der Waals surface area contributed by atoms with Crippen molar-refractivity contribution in [3.8, 4) is 6.07 Å². The molecule has 4 amide bonds. The Kier molecular flexibility index (Phi) is 4.41. The Hall–Kier alpha value is -4.25. The van der Waals surface area contributed by atoms with E-state index >= 15 is 0 Å². The van der Waals surface area contributed by atoms with Crippen LogP contribution in [0.15, 0.2) is 60.3 Å². The number of amides is 4. The van der Waals surface area contributed by atoms with Crippen LogP contribution >= 0.6 is 0 Å². The largest absolute Gasteiger partial charge is 0.336 e. The summed E-state index contributed by atoms with van der Waals surface area (Å²) in [5.74, 6) is -2.57. The van der Waals surface area contributed by atoms with Crippen molar-refractivity contribution in [3.05, 3.63) is 71.7 Å². The average molecular weight is 388 g/mol. The predicted molar refractivity (Wildman–Crippen MR) is 103 cm³/mol. The molecule has 8 heteroatoms. The third-order valence-corrected chi connectivity index (χ3v) is 4.56. The van der Waals surface area contributed by atoms with Crippen LogP contribution < -0.4 is 10.2 Å². The maximum Gasteiger partial charge on any atom is 0.336 e. The second kappa shape index (κ2) is 7.05. The molecule has 0 radical (unpaired) electrons. The molecule has 1 saturated heterocycles. The van der Waals surface area contributed by atoms with Crippen LogP contribution in [0.5, 0.6) is 0 Å². The van der Waals surface area contributed by atoms with Crippen LogP contribution in [0, 0.1) is 17.1 Å². The lowest BCUT2D eigenvalue weighted by Gasteiger charge is -2.26. The van der Waals surface area contributed by atoms with E-state index in [9.17, 15) is 18.8 Å². The number of para-hydroxylation sites is 2. The molecule has 0 atom stereocenters. The molecule has 0 spiro atoms. The number of urea groups is 1. The molecule has 1 N–H and O–H groups in total. The van der Waals surface area contributed by atoms with E-state index in [1.54, 1.807) is 22.9 Å². The van der Waals surface area contributed by atoms with E-state index in [-0.39, 0.29) is 17.8 Å². The minimum absolute atomic E-state index is 0.0870. The number of barbiturate groups is 1. The van der Waals surface area contributed by atoms with Gasteiger partial charge in [0.1, 0.15) is 17.9 Å². The van der Waals surface area contributed by atoms with Gasteiger partial charge in [-0.2, -0.15) is 5.26 Å². The van der Waals surface area contributed by atoms with E-state index in [1.165, 1.54) is 24.3 Å². The van der Waals surface area contributed by atoms with Gasteiger partial charge < -0.3 is 4.57 Å². The molecule has 1 fully saturated rings. The number of hydrogen-bond acceptors (Lipinski definition) is 4. The SMILES string of the molecule is N#CCn1cc(C=C2C(=O)NC(=O)N(c3ccccc3F)C2=O)c2ccccc21. The first kappa shape index (κ1) is 18.1. The lowest BCUT2D eigenvalue weighted by atomic mass is 10.1. The Morgan fingerprint density at radius 1 is 1.07 bits per heavy atom. The number of carbonyl (C=O) groups is 3. The summed E-state index contributed by atoms with van der Waals surface area (Å²) >= 11 is 0. The van der Waals surface area contributed by atoms with Crippen LogP contribution in [0.25, 0.3) is 17.0 Å². The fraction of sp³-hybridized carbons (Fsp3) is 0.0476. The smallest absolute Gasteiger partial charge is 0.333 e. The number of aromatic nitrogens is 1. The number of halogens is 1. The number of carbonyl (C=O) groups excluding carboxylic acids is 3. The van der Waals surface area contributed by atoms with Gasteiger partial charge in [0.05, 0.1) is 11.8 Å². The van der Waals surface area contributed by atoms with Crippen molar-refractivity contribution in [2.75, 3.05) is 4.90 Å². The molecule has 1 aliphatic rings. The van der Waals surface area contributed by atoms with Crippen LogP contribution in [0.2, 0.25) is 0 Å². The standard InChI is InChI=1S/C21H13FN4O3/c22-16-6-2-4-8-18(16)26-20(28)15(19(27)24-21(26)29)11-13-12-25(10-9-23)17-7-3-1-5-14(13)17/h1-8,11-12H,10H2,(H,24,27,29). The first-order valence-corrected chi connectivity index (χ1v) is 8.62. The van der Waals surface area contributed by atoms with E-state index in [2.05, 4.69) is 11.4 Å². The zero-order valence-electron chi connectivity index (χ0n) is 14.9. The molecule has 1 aromatic heterocycles. The Bertz CT molecular complexity index is 1250. The highest BCUT2D eigenvalue weighted by atomic mass is 19.1. The van der Waals surface area contributed by atoms with E-state index < -0.39 is 23.7 Å². The van der Waals surface area contributed by atoms with Crippen molar-refractivity contribution in [1.29, 1.82) is 5.26 Å². The number of anilines is 1. The summed E-state index contributed by atoms with van der Waals surface area (Å²) in [5.41, 5.74) is 0.719. The van der Waals surface area contributed by atoms with Crippen LogP contribution in [0.4, 0.5) is 14.9 Å². The second-order valence-corrected chi connectivity index (χ2v) is 6.30. The number of rotatable bonds is 3. The molecule has 3 aromatic rings. The third-order valence-electron chi connectivity index (χ3n) is 4.56. The Labute approximate surface area is 164 Å². The molecular formula is C21H13FN4O3. The molecule has 2 heterocycles. The summed E-state index contributed by atoms with van der Waals surface area (Å²) in [7, 11) is 0. The van der Waals surface area contributed by atoms with E-state index in [0.29, 0.717) is 10.5 Å². The van der Waals surface area contributed by atoms with Gasteiger partial charge in [0.15, 0.2) is 0 Å². The summed E-state index contributed by atoms with van der Waals surface area (Å²) in [5, 5.41) is 11.8. The van der Waals surface area contributed by atoms with Gasteiger partial charge in [-0.3, -0.25) is 14.9 Å². The maximum atomic E-state index is 14.2. The first-order chi connectivity index (χ1) is 14.0. The molecular weight excluding hydrogens is 375 g/mol. The number of nitrogens with one attached hydrogen (secondary N) is 1. The molecule has 7 nitrogen and oxygen atoms in total. The zero-order valence-corrected chi connectivity index (χ0v) is 14.9. The van der Waals surface area contributed by atoms with Crippen molar-refractivity contribution in [3.63, 3.8) is 0 Å². The van der Waals surface area contributed by atoms with Crippen LogP contribution in [-0.4, -0.2) is 22.4 Å². The highest BCUT2D eigenvalue weighted by Gasteiger charge is 2.38. The Balaban J connectivity index is 1.83. The van der Waals surface area contributed by atoms with E-state index in [1.807, 2.05) is 12.1 Å². The quantitative estimate of drug-likeness (QED) is 0.551. The van der Waals surface area contributed by atoms with Crippen molar-refractivity contribution in [1.82, 2.24) is 9.88 Å². The lowest BCUT2D eigenvalue weighted by Crippen LogP contribution is -2.54. The van der Waals surface area contributed by atoms with Gasteiger partial charge in [-0.15, -0.1) is 0 Å². The number of hydrogen-bond donors (Lipinski definition) is 1. The van der Waals surface area contributed by atoms with Crippen LogP contribution in [-0.2, 0) is 16.1 Å². The molecule has 1 aliphatic heterocycles. The maximum absolute atomic E-state index is 14.2. The number of imide groups is 2. The molecule has 142 valence electrons. The highest BCUT2D eigenvalue weighted by Crippen LogP contribution is 2.27. The van der Waals surface area contributed by atoms with E-state index in [0.717, 1.165) is 17.0 Å². The molecule has 0 aliphatic carbocycles. The van der Waals surface area contributed by atoms with Crippen molar-refractivity contribution in [2.24, 2.45) is 0 Å². The minimum Gasteiger partial charge on any atom is -0.333 e. The zero-order chi connectivity index (χ0) is 20.5. The normalized spacial score (nSPS) is 15.7. The third kappa shape index (κ3) is 3.04. The van der Waals surface area contributed by atoms with Crippen molar-refractivity contribution in [2.45, 2.75) is 6.54 Å². The monoisotopic (exact) mass is 388 g/mol. The summed E-state index contributed by atoms with van der Waals surface area (Å²) in [4.78, 5) is 38.1. The molecule has 0 saturated carbocycles. The summed E-state index contributed by atoms with van der Waals surface area (Å²) < 4.78 is 15.8. The van der Waals surface area contributed by atoms with Crippen LogP contribution in [0.1, 0.15) is 5.56 Å². The van der Waals surface area contributed by atoms with Crippen molar-refractivity contribution < 1.29 is 18.8 Å². The Morgan fingerprint density at radius 2 is 1.79 bits per heavy atom. The van der Waals surface area contributed by atoms with Gasteiger partial charge in [0, 0.05) is 22.7 Å². The molecule has 0 unspecified atom stereocenters. The van der Waals surface area contributed by atoms with Gasteiger partial charge in [-0.05, 0) is 24.3 Å².